The maximum Gasteiger partial charge on any atom is 0.248 e. The highest BCUT2D eigenvalue weighted by Crippen LogP contribution is 2.30. The molecular weight excluding hydrogens is 471 g/mol. The van der Waals surface area contributed by atoms with Crippen LogP contribution in [-0.2, 0) is 22.6 Å². The minimum atomic E-state index is -0.295. The van der Waals surface area contributed by atoms with Gasteiger partial charge >= 0.3 is 0 Å². The molecule has 1 amide bonds. The van der Waals surface area contributed by atoms with Gasteiger partial charge < -0.3 is 14.5 Å². The molecule has 1 aliphatic rings. The molecule has 8 nitrogen and oxygen atoms in total. The van der Waals surface area contributed by atoms with Crippen molar-refractivity contribution in [1.29, 1.82) is 0 Å². The van der Waals surface area contributed by atoms with Gasteiger partial charge in [-0.25, -0.2) is 19.0 Å². The normalized spacial score (nSPS) is 13.9. The second-order valence-corrected chi connectivity index (χ2v) is 9.23. The van der Waals surface area contributed by atoms with Crippen LogP contribution in [0.25, 0.3) is 16.7 Å². The monoisotopic (exact) mass is 502 g/mol. The lowest BCUT2D eigenvalue weighted by Gasteiger charge is -2.35. The van der Waals surface area contributed by atoms with Crippen molar-refractivity contribution >= 4 is 22.8 Å². The largest absolute Gasteiger partial charge is 0.367 e. The molecule has 0 radical (unpaired) electrons. The van der Waals surface area contributed by atoms with Gasteiger partial charge in [-0.3, -0.25) is 4.79 Å². The molecule has 9 heteroatoms. The summed E-state index contributed by atoms with van der Waals surface area (Å²) in [6.45, 7) is 7.02. The number of ether oxygens (including phenoxy) is 1. The van der Waals surface area contributed by atoms with Gasteiger partial charge in [0.05, 0.1) is 23.4 Å². The van der Waals surface area contributed by atoms with Gasteiger partial charge in [-0.1, -0.05) is 37.3 Å². The van der Waals surface area contributed by atoms with Gasteiger partial charge in [0.2, 0.25) is 5.91 Å². The van der Waals surface area contributed by atoms with Crippen molar-refractivity contribution in [1.82, 2.24) is 24.6 Å². The maximum absolute atomic E-state index is 13.5. The number of anilines is 1. The topological polar surface area (TPSA) is 76.4 Å². The van der Waals surface area contributed by atoms with Crippen LogP contribution in [0.4, 0.5) is 10.2 Å². The van der Waals surface area contributed by atoms with E-state index in [1.54, 1.807) is 16.8 Å². The third-order valence-electron chi connectivity index (χ3n) is 6.54. The number of nitrogens with zero attached hydrogens (tertiary/aromatic N) is 6. The zero-order chi connectivity index (χ0) is 25.8. The fraction of sp³-hybridized carbons (Fsp3) is 0.357. The highest BCUT2D eigenvalue weighted by Gasteiger charge is 2.26. The Hall–Kier alpha value is -3.85. The number of aromatic nitrogens is 4. The summed E-state index contributed by atoms with van der Waals surface area (Å²) in [5.74, 6) is 1.29. The van der Waals surface area contributed by atoms with Gasteiger partial charge in [-0.15, -0.1) is 0 Å². The first kappa shape index (κ1) is 24.8. The van der Waals surface area contributed by atoms with Crippen LogP contribution in [0.3, 0.4) is 0 Å². The van der Waals surface area contributed by atoms with Crippen molar-refractivity contribution in [3.8, 4) is 5.69 Å². The zero-order valence-corrected chi connectivity index (χ0v) is 21.2. The zero-order valence-electron chi connectivity index (χ0n) is 21.2. The van der Waals surface area contributed by atoms with Crippen molar-refractivity contribution in [3.05, 3.63) is 77.5 Å². The molecule has 4 aromatic rings. The van der Waals surface area contributed by atoms with E-state index in [4.69, 9.17) is 19.8 Å². The van der Waals surface area contributed by atoms with E-state index in [0.717, 1.165) is 46.8 Å². The first-order chi connectivity index (χ1) is 18.0. The molecule has 0 N–H and O–H groups in total. The molecule has 0 unspecified atom stereocenters. The number of carbonyl (C=O) groups excluding carboxylic acids is 1. The number of piperazine rings is 1. The van der Waals surface area contributed by atoms with E-state index >= 15 is 0 Å². The average molecular weight is 503 g/mol. The number of aryl methyl sites for hydroxylation is 2. The van der Waals surface area contributed by atoms with E-state index in [1.165, 1.54) is 12.1 Å². The van der Waals surface area contributed by atoms with Crippen molar-refractivity contribution in [2.75, 3.05) is 37.7 Å². The van der Waals surface area contributed by atoms with E-state index in [1.807, 2.05) is 42.2 Å². The fourth-order valence-electron chi connectivity index (χ4n) is 4.62. The predicted octanol–water partition coefficient (Wildman–Crippen LogP) is 4.08. The molecule has 3 heterocycles. The molecule has 0 spiro atoms. The summed E-state index contributed by atoms with van der Waals surface area (Å²) in [6, 6.07) is 16.1. The Morgan fingerprint density at radius 2 is 1.73 bits per heavy atom. The summed E-state index contributed by atoms with van der Waals surface area (Å²) in [4.78, 5) is 26.5. The number of carbonyl (C=O) groups is 1. The number of benzene rings is 2. The molecule has 1 saturated heterocycles. The molecule has 0 aliphatic carbocycles. The maximum atomic E-state index is 13.5. The third kappa shape index (κ3) is 5.46. The molecule has 1 aliphatic heterocycles. The number of rotatable bonds is 8. The number of hydrogen-bond acceptors (Lipinski definition) is 6. The third-order valence-corrected chi connectivity index (χ3v) is 6.54. The Bertz CT molecular complexity index is 1370. The van der Waals surface area contributed by atoms with Crippen LogP contribution in [0.2, 0.25) is 0 Å². The highest BCUT2D eigenvalue weighted by molar-refractivity contribution is 5.91. The fourth-order valence-corrected chi connectivity index (χ4v) is 4.62. The second-order valence-electron chi connectivity index (χ2n) is 9.23. The van der Waals surface area contributed by atoms with Crippen LogP contribution in [0.1, 0.15) is 30.4 Å². The van der Waals surface area contributed by atoms with E-state index in [0.29, 0.717) is 38.4 Å². The summed E-state index contributed by atoms with van der Waals surface area (Å²) in [7, 11) is 0. The Kier molecular flexibility index (Phi) is 7.41. The number of amides is 1. The molecule has 0 bridgehead atoms. The van der Waals surface area contributed by atoms with Gasteiger partial charge in [-0.2, -0.15) is 5.10 Å². The summed E-state index contributed by atoms with van der Waals surface area (Å²) in [5, 5.41) is 5.62. The van der Waals surface area contributed by atoms with Crippen molar-refractivity contribution < 1.29 is 13.9 Å². The van der Waals surface area contributed by atoms with Crippen LogP contribution in [0.15, 0.2) is 54.6 Å². The lowest BCUT2D eigenvalue weighted by Crippen LogP contribution is -2.50. The molecule has 37 heavy (non-hydrogen) atoms. The van der Waals surface area contributed by atoms with E-state index in [9.17, 15) is 9.18 Å². The van der Waals surface area contributed by atoms with E-state index < -0.39 is 0 Å². The second kappa shape index (κ2) is 11.0. The van der Waals surface area contributed by atoms with Crippen molar-refractivity contribution in [3.63, 3.8) is 0 Å². The van der Waals surface area contributed by atoms with Gasteiger partial charge in [0, 0.05) is 32.6 Å². The SMILES string of the molecule is CCCc1nc(N2CCN(C(=O)COCc3ccccc3)CC2)c2c(C)nn(-c3ccc(F)cc3)c2n1. The Morgan fingerprint density at radius 1 is 1.00 bits per heavy atom. The van der Waals surface area contributed by atoms with Crippen molar-refractivity contribution in [2.45, 2.75) is 33.3 Å². The Morgan fingerprint density at radius 3 is 2.43 bits per heavy atom. The molecule has 1 fully saturated rings. The van der Waals surface area contributed by atoms with Crippen LogP contribution in [0.5, 0.6) is 0 Å². The lowest BCUT2D eigenvalue weighted by atomic mass is 10.2. The Labute approximate surface area is 215 Å². The minimum Gasteiger partial charge on any atom is -0.367 e. The molecule has 192 valence electrons. The average Bonchev–Trinajstić information content (AvgIpc) is 3.25. The van der Waals surface area contributed by atoms with E-state index in [-0.39, 0.29) is 18.3 Å². The molecule has 2 aromatic carbocycles. The standard InChI is InChI=1S/C28H31FN6O2/c1-3-7-24-30-27(26-20(2)32-35(28(26)31-24)23-12-10-22(29)11-13-23)34-16-14-33(15-17-34)25(36)19-37-18-21-8-5-4-6-9-21/h4-6,8-13H,3,7,14-19H2,1-2H3. The van der Waals surface area contributed by atoms with Gasteiger partial charge in [0.25, 0.3) is 0 Å². The van der Waals surface area contributed by atoms with E-state index in [2.05, 4.69) is 11.8 Å². The molecule has 0 atom stereocenters. The molecule has 2 aromatic heterocycles. The number of hydrogen-bond donors (Lipinski definition) is 0. The Balaban J connectivity index is 1.33. The summed E-state index contributed by atoms with van der Waals surface area (Å²) >= 11 is 0. The minimum absolute atomic E-state index is 0.00426. The predicted molar refractivity (Wildman–Crippen MR) is 140 cm³/mol. The van der Waals surface area contributed by atoms with Crippen LogP contribution < -0.4 is 4.90 Å². The van der Waals surface area contributed by atoms with Crippen LogP contribution in [0, 0.1) is 12.7 Å². The summed E-state index contributed by atoms with van der Waals surface area (Å²) in [6.07, 6.45) is 1.66. The van der Waals surface area contributed by atoms with Crippen molar-refractivity contribution in [2.24, 2.45) is 0 Å². The highest BCUT2D eigenvalue weighted by atomic mass is 19.1. The van der Waals surface area contributed by atoms with Gasteiger partial charge in [0.1, 0.15) is 24.1 Å². The summed E-state index contributed by atoms with van der Waals surface area (Å²) < 4.78 is 20.9. The van der Waals surface area contributed by atoms with Gasteiger partial charge in [-0.05, 0) is 43.2 Å². The first-order valence-corrected chi connectivity index (χ1v) is 12.7. The van der Waals surface area contributed by atoms with Crippen LogP contribution in [-0.4, -0.2) is 63.3 Å². The number of fused-ring (bicyclic) bond motifs is 1. The first-order valence-electron chi connectivity index (χ1n) is 12.7. The molecular formula is C28H31FN6O2. The quantitative estimate of drug-likeness (QED) is 0.361. The molecule has 5 rings (SSSR count). The number of halogens is 1. The molecule has 0 saturated carbocycles. The van der Waals surface area contributed by atoms with Gasteiger partial charge in [0.15, 0.2) is 5.65 Å². The smallest absolute Gasteiger partial charge is 0.248 e. The van der Waals surface area contributed by atoms with Crippen LogP contribution >= 0.6 is 0 Å². The summed E-state index contributed by atoms with van der Waals surface area (Å²) in [5.41, 5.74) is 3.32. The lowest BCUT2D eigenvalue weighted by molar-refractivity contribution is -0.136.